The van der Waals surface area contributed by atoms with Crippen LogP contribution in [0.5, 0.6) is 0 Å². The predicted molar refractivity (Wildman–Crippen MR) is 143 cm³/mol. The van der Waals surface area contributed by atoms with Crippen LogP contribution in [0.1, 0.15) is 52.9 Å². The number of alkyl halides is 1. The lowest BCUT2D eigenvalue weighted by atomic mass is 9.83. The van der Waals surface area contributed by atoms with Gasteiger partial charge in [-0.2, -0.15) is 0 Å². The lowest BCUT2D eigenvalue weighted by Crippen LogP contribution is -2.60. The largest absolute Gasteiger partial charge is 0.367 e. The number of hydrogen-bond acceptors (Lipinski definition) is 8. The highest BCUT2D eigenvalue weighted by atomic mass is 32.1. The Morgan fingerprint density at radius 1 is 1.08 bits per heavy atom. The normalized spacial score (nSPS) is 16.9. The van der Waals surface area contributed by atoms with Crippen LogP contribution in [0.2, 0.25) is 0 Å². The van der Waals surface area contributed by atoms with Crippen molar-refractivity contribution in [3.05, 3.63) is 30.3 Å². The summed E-state index contributed by atoms with van der Waals surface area (Å²) in [5, 5.41) is 16.1. The van der Waals surface area contributed by atoms with Crippen LogP contribution in [0.4, 0.5) is 9.39 Å². The van der Waals surface area contributed by atoms with Gasteiger partial charge in [-0.15, -0.1) is 5.10 Å². The third-order valence-corrected chi connectivity index (χ3v) is 7.46. The fourth-order valence-corrected chi connectivity index (χ4v) is 5.09. The summed E-state index contributed by atoms with van der Waals surface area (Å²) in [7, 11) is 1.66. The molecule has 0 radical (unpaired) electrons. The molecular weight excluding hydrogens is 495 g/mol. The lowest BCUT2D eigenvalue weighted by molar-refractivity contribution is -0.135. The van der Waals surface area contributed by atoms with Crippen LogP contribution < -0.4 is 21.3 Å². The second-order valence-electron chi connectivity index (χ2n) is 10.0. The van der Waals surface area contributed by atoms with E-state index in [9.17, 15) is 14.4 Å². The number of benzene rings is 1. The van der Waals surface area contributed by atoms with Gasteiger partial charge in [0.15, 0.2) is 5.78 Å². The van der Waals surface area contributed by atoms with Crippen LogP contribution in [-0.2, 0) is 14.4 Å². The number of nitrogens with zero attached hydrogens (tertiary/aromatic N) is 2. The van der Waals surface area contributed by atoms with Gasteiger partial charge in [-0.3, -0.25) is 14.4 Å². The lowest BCUT2D eigenvalue weighted by Gasteiger charge is -2.33. The second kappa shape index (κ2) is 13.0. The van der Waals surface area contributed by atoms with E-state index in [1.165, 1.54) is 13.8 Å². The Kier molecular flexibility index (Phi) is 10.1. The Morgan fingerprint density at radius 3 is 2.38 bits per heavy atom. The van der Waals surface area contributed by atoms with E-state index in [0.717, 1.165) is 49.2 Å². The number of rotatable bonds is 12. The number of likely N-dealkylation sites (N-methyl/N-ethyl adjacent to an activating group) is 1. The zero-order chi connectivity index (χ0) is 27.0. The highest BCUT2D eigenvalue weighted by molar-refractivity contribution is 7.10. The summed E-state index contributed by atoms with van der Waals surface area (Å²) in [5.41, 5.74) is -0.594. The maximum absolute atomic E-state index is 15.2. The van der Waals surface area contributed by atoms with E-state index in [1.807, 2.05) is 30.3 Å². The number of carbonyl (C=O) groups is 3. The Hall–Kier alpha value is -2.92. The van der Waals surface area contributed by atoms with Gasteiger partial charge in [0.2, 0.25) is 11.8 Å². The first-order valence-electron chi connectivity index (χ1n) is 12.7. The van der Waals surface area contributed by atoms with Gasteiger partial charge in [0, 0.05) is 17.1 Å². The molecule has 9 nitrogen and oxygen atoms in total. The molecule has 1 fully saturated rings. The minimum Gasteiger partial charge on any atom is -0.367 e. The molecule has 11 heteroatoms. The molecule has 37 heavy (non-hydrogen) atoms. The Balaban J connectivity index is 1.73. The number of aromatic nitrogens is 2. The van der Waals surface area contributed by atoms with Gasteiger partial charge in [-0.25, -0.2) is 4.39 Å². The van der Waals surface area contributed by atoms with Crippen LogP contribution in [0.15, 0.2) is 30.3 Å². The maximum Gasteiger partial charge on any atom is 0.243 e. The molecule has 3 rings (SSSR count). The average Bonchev–Trinajstić information content (AvgIpc) is 3.37. The number of amides is 2. The summed E-state index contributed by atoms with van der Waals surface area (Å²) in [6.45, 7) is 4.00. The molecule has 2 aromatic rings. The van der Waals surface area contributed by atoms with Gasteiger partial charge in [-0.1, -0.05) is 54.1 Å². The molecule has 1 saturated carbocycles. The quantitative estimate of drug-likeness (QED) is 0.331. The summed E-state index contributed by atoms with van der Waals surface area (Å²) in [6, 6.07) is 6.66. The van der Waals surface area contributed by atoms with E-state index in [4.69, 9.17) is 0 Å². The molecule has 1 aliphatic rings. The van der Waals surface area contributed by atoms with Crippen molar-refractivity contribution in [3.63, 3.8) is 0 Å². The van der Waals surface area contributed by atoms with Gasteiger partial charge in [0.25, 0.3) is 0 Å². The summed E-state index contributed by atoms with van der Waals surface area (Å²) in [5.74, 6) is -1.46. The van der Waals surface area contributed by atoms with Crippen molar-refractivity contribution in [2.75, 3.05) is 18.9 Å². The van der Waals surface area contributed by atoms with E-state index in [-0.39, 0.29) is 18.4 Å². The van der Waals surface area contributed by atoms with Crippen molar-refractivity contribution in [2.45, 2.75) is 76.7 Å². The van der Waals surface area contributed by atoms with Crippen molar-refractivity contribution in [1.82, 2.24) is 25.5 Å². The minimum absolute atomic E-state index is 0.0740. The first-order valence-corrected chi connectivity index (χ1v) is 13.5. The molecule has 1 aromatic carbocycles. The van der Waals surface area contributed by atoms with Gasteiger partial charge in [0.05, 0.1) is 12.6 Å². The summed E-state index contributed by atoms with van der Waals surface area (Å²) < 4.78 is 19.2. The van der Waals surface area contributed by atoms with Crippen molar-refractivity contribution in [1.29, 1.82) is 0 Å². The maximum atomic E-state index is 15.2. The first kappa shape index (κ1) is 28.6. The molecule has 0 unspecified atom stereocenters. The number of ketones is 1. The zero-order valence-corrected chi connectivity index (χ0v) is 22.7. The average molecular weight is 533 g/mol. The number of hydrogen-bond donors (Lipinski definition) is 4. The predicted octanol–water partition coefficient (Wildman–Crippen LogP) is 3.09. The number of carbonyl (C=O) groups excluding carboxylic acids is 3. The molecule has 1 aliphatic carbocycles. The van der Waals surface area contributed by atoms with Crippen LogP contribution in [0.25, 0.3) is 11.3 Å². The number of Topliss-reactive ketones (excluding diaryl/α,β-unsaturated/α-hetero) is 1. The van der Waals surface area contributed by atoms with Crippen LogP contribution >= 0.6 is 11.5 Å². The monoisotopic (exact) mass is 532 g/mol. The fraction of sp³-hybridized carbons (Fsp3) is 0.577. The third-order valence-electron chi connectivity index (χ3n) is 6.78. The Labute approximate surface area is 221 Å². The smallest absolute Gasteiger partial charge is 0.243 e. The van der Waals surface area contributed by atoms with Crippen molar-refractivity contribution < 1.29 is 18.8 Å². The Bertz CT molecular complexity index is 1050. The molecule has 0 saturated heterocycles. The summed E-state index contributed by atoms with van der Waals surface area (Å²) >= 11 is 1.10. The standard InChI is InChI=1S/C26H37FN6O3S/c1-16(28-4)23(35)30-20(17-11-7-5-8-12-17)24(36)31-22(26(2,3)27)19(34)15-29-25-21(32-33-37-25)18-13-9-6-10-14-18/h6,9-10,13-14,16-17,20,22,28-29H,5,7-8,11-12,15H2,1-4H3,(H,30,35)(H,31,36)/t16-,20-,22+/m0/s1. The minimum atomic E-state index is -2.03. The summed E-state index contributed by atoms with van der Waals surface area (Å²) in [6.07, 6.45) is 4.56. The van der Waals surface area contributed by atoms with Crippen molar-refractivity contribution in [2.24, 2.45) is 5.92 Å². The third kappa shape index (κ3) is 7.78. The van der Waals surface area contributed by atoms with Crippen molar-refractivity contribution >= 4 is 34.1 Å². The van der Waals surface area contributed by atoms with Gasteiger partial charge in [0.1, 0.15) is 28.4 Å². The fourth-order valence-electron chi connectivity index (χ4n) is 4.50. The second-order valence-corrected chi connectivity index (χ2v) is 10.8. The zero-order valence-electron chi connectivity index (χ0n) is 21.8. The topological polar surface area (TPSA) is 125 Å². The Morgan fingerprint density at radius 2 is 1.76 bits per heavy atom. The van der Waals surface area contributed by atoms with Gasteiger partial charge < -0.3 is 21.3 Å². The van der Waals surface area contributed by atoms with Gasteiger partial charge >= 0.3 is 0 Å². The number of anilines is 1. The van der Waals surface area contributed by atoms with E-state index >= 15 is 4.39 Å². The number of nitrogens with one attached hydrogen (secondary N) is 4. The molecule has 0 spiro atoms. The van der Waals surface area contributed by atoms with Crippen molar-refractivity contribution in [3.8, 4) is 11.3 Å². The SMILES string of the molecule is CN[C@@H](C)C(=O)N[C@H](C(=O)N[C@H](C(=O)CNc1snnc1-c1ccccc1)C(C)(C)F)C1CCCCC1. The molecule has 2 amide bonds. The molecule has 3 atom stereocenters. The molecule has 4 N–H and O–H groups in total. The van der Waals surface area contributed by atoms with Gasteiger partial charge in [-0.05, 0) is 46.6 Å². The molecule has 0 aliphatic heterocycles. The first-order chi connectivity index (χ1) is 17.6. The highest BCUT2D eigenvalue weighted by Gasteiger charge is 2.40. The molecule has 0 bridgehead atoms. The molecule has 202 valence electrons. The van der Waals surface area contributed by atoms with E-state index < -0.39 is 35.5 Å². The molecule has 1 heterocycles. The molecule has 1 aromatic heterocycles. The van der Waals surface area contributed by atoms with E-state index in [1.54, 1.807) is 14.0 Å². The van der Waals surface area contributed by atoms with E-state index in [2.05, 4.69) is 30.9 Å². The summed E-state index contributed by atoms with van der Waals surface area (Å²) in [4.78, 5) is 39.2. The van der Waals surface area contributed by atoms with Crippen LogP contribution in [0.3, 0.4) is 0 Å². The van der Waals surface area contributed by atoms with Crippen LogP contribution in [0, 0.1) is 5.92 Å². The van der Waals surface area contributed by atoms with Crippen LogP contribution in [-0.4, -0.2) is 64.6 Å². The van der Waals surface area contributed by atoms with E-state index in [0.29, 0.717) is 10.7 Å². The highest BCUT2D eigenvalue weighted by Crippen LogP contribution is 2.29. The number of halogens is 1. The molecular formula is C26H37FN6O3S.